The summed E-state index contributed by atoms with van der Waals surface area (Å²) in [5.74, 6) is 1.58. The number of pyridine rings is 1. The number of fused-ring (bicyclic) bond motifs is 1. The van der Waals surface area contributed by atoms with Crippen LogP contribution in [0.15, 0.2) is 18.3 Å². The van der Waals surface area contributed by atoms with E-state index in [0.717, 1.165) is 48.2 Å². The first-order valence-electron chi connectivity index (χ1n) is 7.33. The van der Waals surface area contributed by atoms with E-state index in [1.165, 1.54) is 0 Å². The van der Waals surface area contributed by atoms with E-state index in [2.05, 4.69) is 41.0 Å². The van der Waals surface area contributed by atoms with Crippen molar-refractivity contribution in [3.05, 3.63) is 24.2 Å². The molecule has 0 aliphatic rings. The Morgan fingerprint density at radius 1 is 1.24 bits per heavy atom. The Morgan fingerprint density at radius 2 is 2.05 bits per heavy atom. The van der Waals surface area contributed by atoms with Crippen molar-refractivity contribution >= 4 is 23.1 Å². The fourth-order valence-electron chi connectivity index (χ4n) is 2.08. The third kappa shape index (κ3) is 4.48. The second-order valence-corrected chi connectivity index (χ2v) is 6.15. The monoisotopic (exact) mass is 286 g/mol. The number of nitrogens with one attached hydrogen (secondary N) is 1. The zero-order valence-electron chi connectivity index (χ0n) is 12.9. The number of aldehydes is 1. The van der Waals surface area contributed by atoms with Crippen LogP contribution in [0, 0.1) is 0 Å². The number of aryl methyl sites for hydroxylation is 1. The largest absolute Gasteiger partial charge is 0.364 e. The van der Waals surface area contributed by atoms with E-state index in [1.54, 1.807) is 6.20 Å². The molecule has 0 aliphatic heterocycles. The summed E-state index contributed by atoms with van der Waals surface area (Å²) >= 11 is 0. The standard InChI is InChI=1S/C16H22N4O/c1-16(2,3)20-15-14-12(8-7-10-17-14)18-13(19-15)9-5-4-6-11-21/h7-8,10-11H,4-6,9H2,1-3H3,(H,18,19,20). The van der Waals surface area contributed by atoms with E-state index in [-0.39, 0.29) is 5.54 Å². The molecule has 5 nitrogen and oxygen atoms in total. The van der Waals surface area contributed by atoms with Gasteiger partial charge >= 0.3 is 0 Å². The highest BCUT2D eigenvalue weighted by Crippen LogP contribution is 2.21. The zero-order valence-corrected chi connectivity index (χ0v) is 12.9. The summed E-state index contributed by atoms with van der Waals surface area (Å²) in [7, 11) is 0. The quantitative estimate of drug-likeness (QED) is 0.652. The van der Waals surface area contributed by atoms with Gasteiger partial charge in [-0.15, -0.1) is 0 Å². The minimum atomic E-state index is -0.0897. The predicted molar refractivity (Wildman–Crippen MR) is 84.3 cm³/mol. The summed E-state index contributed by atoms with van der Waals surface area (Å²) in [5, 5.41) is 3.40. The fraction of sp³-hybridized carbons (Fsp3) is 0.500. The second kappa shape index (κ2) is 6.61. The number of anilines is 1. The number of unbranched alkanes of at least 4 members (excludes halogenated alkanes) is 2. The minimum absolute atomic E-state index is 0.0897. The minimum Gasteiger partial charge on any atom is -0.364 e. The third-order valence-corrected chi connectivity index (χ3v) is 2.97. The van der Waals surface area contributed by atoms with Crippen LogP contribution in [-0.2, 0) is 11.2 Å². The predicted octanol–water partition coefficient (Wildman–Crippen LogP) is 3.15. The normalized spacial score (nSPS) is 11.6. The van der Waals surface area contributed by atoms with E-state index in [9.17, 15) is 4.79 Å². The Labute approximate surface area is 125 Å². The molecule has 21 heavy (non-hydrogen) atoms. The van der Waals surface area contributed by atoms with Crippen molar-refractivity contribution in [2.75, 3.05) is 5.32 Å². The number of carbonyl (C=O) groups excluding carboxylic acids is 1. The number of nitrogens with zero attached hydrogens (tertiary/aromatic N) is 3. The molecule has 0 aromatic carbocycles. The van der Waals surface area contributed by atoms with Crippen molar-refractivity contribution in [2.24, 2.45) is 0 Å². The molecule has 0 saturated heterocycles. The fourth-order valence-corrected chi connectivity index (χ4v) is 2.08. The van der Waals surface area contributed by atoms with Crippen LogP contribution < -0.4 is 5.32 Å². The Kier molecular flexibility index (Phi) is 4.83. The summed E-state index contributed by atoms with van der Waals surface area (Å²) in [6.07, 6.45) is 5.88. The SMILES string of the molecule is CC(C)(C)Nc1nc(CCCCC=O)nc2cccnc12. The summed E-state index contributed by atoms with van der Waals surface area (Å²) in [4.78, 5) is 23.9. The Balaban J connectivity index is 2.28. The third-order valence-electron chi connectivity index (χ3n) is 2.97. The van der Waals surface area contributed by atoms with E-state index in [1.807, 2.05) is 12.1 Å². The molecule has 0 saturated carbocycles. The number of rotatable bonds is 6. The molecule has 0 radical (unpaired) electrons. The molecular formula is C16H22N4O. The molecule has 1 N–H and O–H groups in total. The summed E-state index contributed by atoms with van der Waals surface area (Å²) < 4.78 is 0. The van der Waals surface area contributed by atoms with Crippen LogP contribution in [0.3, 0.4) is 0 Å². The topological polar surface area (TPSA) is 67.8 Å². The molecule has 0 aliphatic carbocycles. The lowest BCUT2D eigenvalue weighted by Crippen LogP contribution is -2.27. The molecule has 0 amide bonds. The van der Waals surface area contributed by atoms with E-state index in [0.29, 0.717) is 6.42 Å². The van der Waals surface area contributed by atoms with Crippen LogP contribution in [0.5, 0.6) is 0 Å². The van der Waals surface area contributed by atoms with E-state index >= 15 is 0 Å². The van der Waals surface area contributed by atoms with Crippen LogP contribution >= 0.6 is 0 Å². The van der Waals surface area contributed by atoms with Gasteiger partial charge in [-0.1, -0.05) is 0 Å². The van der Waals surface area contributed by atoms with Crippen molar-refractivity contribution in [1.29, 1.82) is 0 Å². The molecule has 0 spiro atoms. The average molecular weight is 286 g/mol. The lowest BCUT2D eigenvalue weighted by Gasteiger charge is -2.22. The van der Waals surface area contributed by atoms with Gasteiger partial charge in [-0.2, -0.15) is 0 Å². The first-order valence-corrected chi connectivity index (χ1v) is 7.33. The molecule has 2 aromatic rings. The first-order chi connectivity index (χ1) is 9.99. The van der Waals surface area contributed by atoms with Crippen molar-refractivity contribution in [2.45, 2.75) is 52.0 Å². The molecule has 112 valence electrons. The van der Waals surface area contributed by atoms with Gasteiger partial charge in [-0.05, 0) is 45.7 Å². The molecule has 0 bridgehead atoms. The van der Waals surface area contributed by atoms with Crippen LogP contribution in [-0.4, -0.2) is 26.8 Å². The summed E-state index contributed by atoms with van der Waals surface area (Å²) in [6.45, 7) is 6.27. The smallest absolute Gasteiger partial charge is 0.156 e. The van der Waals surface area contributed by atoms with E-state index < -0.39 is 0 Å². The molecule has 2 heterocycles. The average Bonchev–Trinajstić information content (AvgIpc) is 2.42. The maximum Gasteiger partial charge on any atom is 0.156 e. The summed E-state index contributed by atoms with van der Waals surface area (Å²) in [5.41, 5.74) is 1.56. The highest BCUT2D eigenvalue weighted by Gasteiger charge is 2.15. The van der Waals surface area contributed by atoms with Gasteiger partial charge in [0.2, 0.25) is 0 Å². The lowest BCUT2D eigenvalue weighted by molar-refractivity contribution is -0.107. The molecule has 0 unspecified atom stereocenters. The number of carbonyl (C=O) groups is 1. The molecular weight excluding hydrogens is 264 g/mol. The van der Waals surface area contributed by atoms with Crippen molar-refractivity contribution in [3.8, 4) is 0 Å². The maximum absolute atomic E-state index is 10.4. The Bertz CT molecular complexity index is 619. The molecule has 5 heteroatoms. The van der Waals surface area contributed by atoms with Gasteiger partial charge in [-0.25, -0.2) is 9.97 Å². The highest BCUT2D eigenvalue weighted by atomic mass is 16.1. The molecule has 2 aromatic heterocycles. The summed E-state index contributed by atoms with van der Waals surface area (Å²) in [6, 6.07) is 3.83. The van der Waals surface area contributed by atoms with Crippen LogP contribution in [0.4, 0.5) is 5.82 Å². The van der Waals surface area contributed by atoms with Crippen molar-refractivity contribution < 1.29 is 4.79 Å². The van der Waals surface area contributed by atoms with Gasteiger partial charge in [0.1, 0.15) is 17.6 Å². The van der Waals surface area contributed by atoms with Crippen molar-refractivity contribution in [3.63, 3.8) is 0 Å². The van der Waals surface area contributed by atoms with Crippen molar-refractivity contribution in [1.82, 2.24) is 15.0 Å². The Morgan fingerprint density at radius 3 is 2.76 bits per heavy atom. The molecule has 0 fully saturated rings. The molecule has 0 atom stereocenters. The van der Waals surface area contributed by atoms with Gasteiger partial charge < -0.3 is 10.1 Å². The van der Waals surface area contributed by atoms with Crippen LogP contribution in [0.25, 0.3) is 11.0 Å². The van der Waals surface area contributed by atoms with Gasteiger partial charge in [0.25, 0.3) is 0 Å². The number of aromatic nitrogens is 3. The van der Waals surface area contributed by atoms with Gasteiger partial charge in [-0.3, -0.25) is 4.98 Å². The first kappa shape index (κ1) is 15.4. The highest BCUT2D eigenvalue weighted by molar-refractivity contribution is 5.85. The van der Waals surface area contributed by atoms with Gasteiger partial charge in [0.15, 0.2) is 5.82 Å². The molecule has 2 rings (SSSR count). The number of hydrogen-bond acceptors (Lipinski definition) is 5. The maximum atomic E-state index is 10.4. The lowest BCUT2D eigenvalue weighted by atomic mass is 10.1. The Hall–Kier alpha value is -2.04. The van der Waals surface area contributed by atoms with Crippen LogP contribution in [0.2, 0.25) is 0 Å². The van der Waals surface area contributed by atoms with Gasteiger partial charge in [0.05, 0.1) is 5.52 Å². The van der Waals surface area contributed by atoms with Crippen LogP contribution in [0.1, 0.15) is 45.9 Å². The second-order valence-electron chi connectivity index (χ2n) is 6.15. The van der Waals surface area contributed by atoms with E-state index in [4.69, 9.17) is 0 Å². The zero-order chi connectivity index (χ0) is 15.3. The van der Waals surface area contributed by atoms with Gasteiger partial charge in [0, 0.05) is 24.6 Å². The number of hydrogen-bond donors (Lipinski definition) is 1.